The lowest BCUT2D eigenvalue weighted by Crippen LogP contribution is -2.48. The molecule has 5 rings (SSSR count). The first-order valence-electron chi connectivity index (χ1n) is 12.0. The minimum Gasteiger partial charge on any atom is -0.339 e. The number of nitrogens with zero attached hydrogens (tertiary/aromatic N) is 4. The van der Waals surface area contributed by atoms with Gasteiger partial charge in [0, 0.05) is 42.5 Å². The molecule has 2 aliphatic heterocycles. The van der Waals surface area contributed by atoms with Crippen LogP contribution in [0.25, 0.3) is 10.2 Å². The molecule has 0 aromatic carbocycles. The van der Waals surface area contributed by atoms with Gasteiger partial charge in [-0.3, -0.25) is 19.1 Å². The predicted molar refractivity (Wildman–Crippen MR) is 125 cm³/mol. The number of aromatic nitrogens is 2. The van der Waals surface area contributed by atoms with Crippen LogP contribution < -0.4 is 5.56 Å². The largest absolute Gasteiger partial charge is 0.339 e. The van der Waals surface area contributed by atoms with E-state index in [0.717, 1.165) is 79.8 Å². The molecule has 168 valence electrons. The first kappa shape index (κ1) is 21.1. The summed E-state index contributed by atoms with van der Waals surface area (Å²) in [4.78, 5) is 37.9. The molecule has 2 saturated heterocycles. The van der Waals surface area contributed by atoms with E-state index < -0.39 is 0 Å². The molecule has 4 heterocycles. The van der Waals surface area contributed by atoms with Gasteiger partial charge in [0.25, 0.3) is 5.56 Å². The average molecular weight is 443 g/mol. The highest BCUT2D eigenvalue weighted by atomic mass is 32.1. The molecular weight excluding hydrogens is 408 g/mol. The van der Waals surface area contributed by atoms with Crippen molar-refractivity contribution in [1.29, 1.82) is 0 Å². The molecule has 6 nitrogen and oxygen atoms in total. The third kappa shape index (κ3) is 3.95. The van der Waals surface area contributed by atoms with E-state index in [9.17, 15) is 9.59 Å². The second-order valence-corrected chi connectivity index (χ2v) is 11.0. The zero-order valence-corrected chi connectivity index (χ0v) is 19.8. The van der Waals surface area contributed by atoms with Gasteiger partial charge in [0.15, 0.2) is 0 Å². The Kier molecular flexibility index (Phi) is 5.67. The number of amides is 1. The molecule has 1 amide bonds. The lowest BCUT2D eigenvalue weighted by atomic mass is 10.0. The fraction of sp³-hybridized carbons (Fsp3) is 0.708. The normalized spacial score (nSPS) is 23.6. The second kappa shape index (κ2) is 8.32. The van der Waals surface area contributed by atoms with E-state index in [4.69, 9.17) is 4.98 Å². The number of rotatable bonds is 4. The van der Waals surface area contributed by atoms with Crippen LogP contribution in [0.2, 0.25) is 0 Å². The Balaban J connectivity index is 1.33. The fourth-order valence-electron chi connectivity index (χ4n) is 5.39. The van der Waals surface area contributed by atoms with Crippen LogP contribution in [-0.2, 0) is 4.79 Å². The molecule has 1 saturated carbocycles. The Morgan fingerprint density at radius 2 is 1.81 bits per heavy atom. The predicted octanol–water partition coefficient (Wildman–Crippen LogP) is 3.99. The van der Waals surface area contributed by atoms with Gasteiger partial charge in [-0.1, -0.05) is 0 Å². The van der Waals surface area contributed by atoms with Crippen molar-refractivity contribution >= 4 is 27.5 Å². The zero-order chi connectivity index (χ0) is 21.7. The molecule has 3 aliphatic rings. The number of aryl methyl sites for hydroxylation is 2. The summed E-state index contributed by atoms with van der Waals surface area (Å²) >= 11 is 1.65. The van der Waals surface area contributed by atoms with Crippen LogP contribution in [0.15, 0.2) is 4.79 Å². The molecule has 2 aromatic heterocycles. The quantitative estimate of drug-likeness (QED) is 0.718. The van der Waals surface area contributed by atoms with E-state index in [1.54, 1.807) is 11.3 Å². The van der Waals surface area contributed by atoms with Crippen LogP contribution in [0, 0.1) is 13.8 Å². The maximum Gasteiger partial charge on any atom is 0.262 e. The fourth-order valence-corrected chi connectivity index (χ4v) is 6.42. The SMILES string of the molecule is Cc1sc2nc(C3CC3)n(C3CCN(CC(=O)N4CCCCC4C)CC3)c(=O)c2c1C. The number of thiophene rings is 1. The van der Waals surface area contributed by atoms with Gasteiger partial charge >= 0.3 is 0 Å². The molecule has 3 fully saturated rings. The highest BCUT2D eigenvalue weighted by molar-refractivity contribution is 7.18. The molecule has 31 heavy (non-hydrogen) atoms. The monoisotopic (exact) mass is 442 g/mol. The summed E-state index contributed by atoms with van der Waals surface area (Å²) in [5, 5.41) is 0.823. The Hall–Kier alpha value is -1.73. The van der Waals surface area contributed by atoms with Crippen LogP contribution in [-0.4, -0.2) is 57.5 Å². The van der Waals surface area contributed by atoms with Crippen molar-refractivity contribution in [2.75, 3.05) is 26.2 Å². The van der Waals surface area contributed by atoms with Gasteiger partial charge < -0.3 is 4.90 Å². The van der Waals surface area contributed by atoms with Crippen molar-refractivity contribution in [2.45, 2.75) is 83.7 Å². The highest BCUT2D eigenvalue weighted by Gasteiger charge is 2.34. The van der Waals surface area contributed by atoms with Crippen LogP contribution >= 0.6 is 11.3 Å². The van der Waals surface area contributed by atoms with Gasteiger partial charge in [0.2, 0.25) is 5.91 Å². The van der Waals surface area contributed by atoms with Crippen LogP contribution in [0.4, 0.5) is 0 Å². The molecule has 2 aromatic rings. The topological polar surface area (TPSA) is 58.4 Å². The van der Waals surface area contributed by atoms with Gasteiger partial charge in [-0.15, -0.1) is 11.3 Å². The van der Waals surface area contributed by atoms with E-state index in [1.165, 1.54) is 11.3 Å². The maximum atomic E-state index is 13.6. The number of fused-ring (bicyclic) bond motifs is 1. The van der Waals surface area contributed by atoms with Crippen LogP contribution in [0.5, 0.6) is 0 Å². The van der Waals surface area contributed by atoms with E-state index in [0.29, 0.717) is 18.5 Å². The van der Waals surface area contributed by atoms with Crippen LogP contribution in [0.1, 0.15) is 80.1 Å². The van der Waals surface area contributed by atoms with Crippen molar-refractivity contribution in [2.24, 2.45) is 0 Å². The van der Waals surface area contributed by atoms with Crippen molar-refractivity contribution in [3.8, 4) is 0 Å². The van der Waals surface area contributed by atoms with E-state index >= 15 is 0 Å². The number of carbonyl (C=O) groups is 1. The number of carbonyl (C=O) groups excluding carboxylic acids is 1. The number of piperidine rings is 2. The second-order valence-electron chi connectivity index (χ2n) is 9.82. The lowest BCUT2D eigenvalue weighted by molar-refractivity contribution is -0.136. The molecule has 0 bridgehead atoms. The number of hydrogen-bond donors (Lipinski definition) is 0. The van der Waals surface area contributed by atoms with Gasteiger partial charge in [-0.2, -0.15) is 0 Å². The molecule has 0 radical (unpaired) electrons. The summed E-state index contributed by atoms with van der Waals surface area (Å²) in [5.74, 6) is 1.73. The Morgan fingerprint density at radius 3 is 2.48 bits per heavy atom. The smallest absolute Gasteiger partial charge is 0.262 e. The number of likely N-dealkylation sites (tertiary alicyclic amines) is 2. The third-order valence-electron chi connectivity index (χ3n) is 7.61. The highest BCUT2D eigenvalue weighted by Crippen LogP contribution is 2.41. The maximum absolute atomic E-state index is 13.6. The average Bonchev–Trinajstić information content (AvgIpc) is 3.55. The minimum absolute atomic E-state index is 0.158. The molecule has 7 heteroatoms. The molecule has 1 aliphatic carbocycles. The molecule has 1 unspecified atom stereocenters. The van der Waals surface area contributed by atoms with Crippen molar-refractivity contribution in [1.82, 2.24) is 19.4 Å². The van der Waals surface area contributed by atoms with Crippen molar-refractivity contribution in [3.05, 3.63) is 26.6 Å². The zero-order valence-electron chi connectivity index (χ0n) is 19.0. The van der Waals surface area contributed by atoms with Gasteiger partial charge in [-0.25, -0.2) is 4.98 Å². The summed E-state index contributed by atoms with van der Waals surface area (Å²) in [6, 6.07) is 0.563. The lowest BCUT2D eigenvalue weighted by Gasteiger charge is -2.37. The summed E-state index contributed by atoms with van der Waals surface area (Å²) in [6.45, 7) is 9.47. The van der Waals surface area contributed by atoms with E-state index in [2.05, 4.69) is 23.6 Å². The molecular formula is C24H34N4O2S. The van der Waals surface area contributed by atoms with E-state index in [-0.39, 0.29) is 17.5 Å². The Bertz CT molecular complexity index is 1050. The minimum atomic E-state index is 0.158. The molecule has 0 N–H and O–H groups in total. The standard InChI is InChI=1S/C24H34N4O2S/c1-15-6-4-5-11-27(15)20(29)14-26-12-9-19(10-13-26)28-22(18-7-8-18)25-23-21(24(28)30)16(2)17(3)31-23/h15,18-19H,4-14H2,1-3H3. The summed E-state index contributed by atoms with van der Waals surface area (Å²) in [5.41, 5.74) is 1.25. The van der Waals surface area contributed by atoms with Crippen molar-refractivity contribution in [3.63, 3.8) is 0 Å². The first-order chi connectivity index (χ1) is 14.9. The first-order valence-corrected chi connectivity index (χ1v) is 12.8. The summed E-state index contributed by atoms with van der Waals surface area (Å²) in [6.07, 6.45) is 7.59. The Labute approximate surface area is 188 Å². The molecule has 1 atom stereocenters. The number of hydrogen-bond acceptors (Lipinski definition) is 5. The van der Waals surface area contributed by atoms with E-state index in [1.807, 2.05) is 11.5 Å². The van der Waals surface area contributed by atoms with Crippen molar-refractivity contribution < 1.29 is 4.79 Å². The summed E-state index contributed by atoms with van der Waals surface area (Å²) < 4.78 is 2.05. The van der Waals surface area contributed by atoms with Gasteiger partial charge in [-0.05, 0) is 71.3 Å². The Morgan fingerprint density at radius 1 is 1.06 bits per heavy atom. The summed E-state index contributed by atoms with van der Waals surface area (Å²) in [7, 11) is 0. The van der Waals surface area contributed by atoms with Crippen LogP contribution in [0.3, 0.4) is 0 Å². The molecule has 0 spiro atoms. The van der Waals surface area contributed by atoms with Gasteiger partial charge in [0.05, 0.1) is 11.9 Å². The van der Waals surface area contributed by atoms with Gasteiger partial charge in [0.1, 0.15) is 10.7 Å². The third-order valence-corrected chi connectivity index (χ3v) is 8.71.